The van der Waals surface area contributed by atoms with Gasteiger partial charge in [-0.25, -0.2) is 13.2 Å². The van der Waals surface area contributed by atoms with E-state index in [2.05, 4.69) is 5.32 Å². The van der Waals surface area contributed by atoms with Gasteiger partial charge in [0.1, 0.15) is 0 Å². The monoisotopic (exact) mass is 257 g/mol. The second-order valence-corrected chi connectivity index (χ2v) is 4.86. The van der Waals surface area contributed by atoms with Crippen LogP contribution >= 0.6 is 0 Å². The Labute approximate surface area is 103 Å². The van der Waals surface area contributed by atoms with Gasteiger partial charge in [-0.3, -0.25) is 4.79 Å². The van der Waals surface area contributed by atoms with Crippen LogP contribution in [0.25, 0.3) is 0 Å². The fourth-order valence-corrected chi connectivity index (χ4v) is 2.23. The fraction of sp³-hybridized carbons (Fsp3) is 0.462. The van der Waals surface area contributed by atoms with Crippen LogP contribution in [0.15, 0.2) is 12.1 Å². The maximum atomic E-state index is 13.6. The number of ketones is 1. The van der Waals surface area contributed by atoms with Crippen LogP contribution in [0.3, 0.4) is 0 Å². The van der Waals surface area contributed by atoms with Crippen molar-refractivity contribution in [1.29, 1.82) is 0 Å². The number of rotatable bonds is 2. The number of hydrogen-bond donors (Lipinski definition) is 1. The zero-order valence-corrected chi connectivity index (χ0v) is 10.0. The van der Waals surface area contributed by atoms with Gasteiger partial charge in [-0.15, -0.1) is 0 Å². The summed E-state index contributed by atoms with van der Waals surface area (Å²) in [5, 5.41) is 3.10. The molecule has 0 aromatic heterocycles. The van der Waals surface area contributed by atoms with E-state index in [0.717, 1.165) is 12.1 Å². The number of piperidine rings is 1. The summed E-state index contributed by atoms with van der Waals surface area (Å²) in [5.41, 5.74) is -1.07. The van der Waals surface area contributed by atoms with Crippen molar-refractivity contribution in [2.45, 2.75) is 19.8 Å². The molecule has 0 bridgehead atoms. The predicted molar refractivity (Wildman–Crippen MR) is 60.9 cm³/mol. The van der Waals surface area contributed by atoms with Crippen molar-refractivity contribution in [3.63, 3.8) is 0 Å². The van der Waals surface area contributed by atoms with E-state index in [-0.39, 0.29) is 5.56 Å². The van der Waals surface area contributed by atoms with Gasteiger partial charge in [0.15, 0.2) is 23.2 Å². The van der Waals surface area contributed by atoms with Gasteiger partial charge in [0.25, 0.3) is 0 Å². The first-order valence-electron chi connectivity index (χ1n) is 5.85. The lowest BCUT2D eigenvalue weighted by molar-refractivity contribution is 0.0756. The standard InChI is InChI=1S/C13H14F3NO/c1-13(4-6-17-7-5-13)12(18)8-2-3-9(14)11(16)10(8)15/h2-3,17H,4-7H2,1H3. The highest BCUT2D eigenvalue weighted by Crippen LogP contribution is 2.33. The van der Waals surface area contributed by atoms with Gasteiger partial charge >= 0.3 is 0 Å². The van der Waals surface area contributed by atoms with Gasteiger partial charge in [-0.1, -0.05) is 6.92 Å². The minimum atomic E-state index is -1.58. The van der Waals surface area contributed by atoms with Gasteiger partial charge < -0.3 is 5.32 Å². The van der Waals surface area contributed by atoms with Crippen LogP contribution in [0.4, 0.5) is 13.2 Å². The largest absolute Gasteiger partial charge is 0.317 e. The second-order valence-electron chi connectivity index (χ2n) is 4.86. The predicted octanol–water partition coefficient (Wildman–Crippen LogP) is 2.68. The number of carbonyl (C=O) groups excluding carboxylic acids is 1. The average Bonchev–Trinajstić information content (AvgIpc) is 2.36. The minimum absolute atomic E-state index is 0.363. The molecule has 1 aliphatic heterocycles. The first-order valence-corrected chi connectivity index (χ1v) is 5.85. The molecule has 0 saturated carbocycles. The molecular weight excluding hydrogens is 243 g/mol. The molecule has 0 spiro atoms. The van der Waals surface area contributed by atoms with E-state index >= 15 is 0 Å². The van der Waals surface area contributed by atoms with Gasteiger partial charge in [-0.2, -0.15) is 0 Å². The molecule has 0 radical (unpaired) electrons. The lowest BCUT2D eigenvalue weighted by Crippen LogP contribution is -2.40. The summed E-state index contributed by atoms with van der Waals surface area (Å²) in [5.74, 6) is -4.71. The van der Waals surface area contributed by atoms with Crippen molar-refractivity contribution in [2.75, 3.05) is 13.1 Å². The second kappa shape index (κ2) is 4.72. The molecule has 0 unspecified atom stereocenters. The summed E-state index contributed by atoms with van der Waals surface area (Å²) in [4.78, 5) is 12.2. The minimum Gasteiger partial charge on any atom is -0.317 e. The number of Topliss-reactive ketones (excluding diaryl/α,β-unsaturated/α-hetero) is 1. The molecule has 2 nitrogen and oxygen atoms in total. The Balaban J connectivity index is 2.37. The normalized spacial score (nSPS) is 18.7. The summed E-state index contributed by atoms with van der Waals surface area (Å²) >= 11 is 0. The Kier molecular flexibility index (Phi) is 3.43. The van der Waals surface area contributed by atoms with E-state index in [4.69, 9.17) is 0 Å². The molecule has 0 amide bonds. The van der Waals surface area contributed by atoms with E-state index in [9.17, 15) is 18.0 Å². The van der Waals surface area contributed by atoms with E-state index in [1.165, 1.54) is 0 Å². The third-order valence-corrected chi connectivity index (χ3v) is 3.54. The summed E-state index contributed by atoms with van der Waals surface area (Å²) in [6, 6.07) is 1.81. The maximum absolute atomic E-state index is 13.6. The Morgan fingerprint density at radius 1 is 1.17 bits per heavy atom. The van der Waals surface area contributed by atoms with Gasteiger partial charge in [0, 0.05) is 5.41 Å². The van der Waals surface area contributed by atoms with Crippen molar-refractivity contribution >= 4 is 5.78 Å². The molecular formula is C13H14F3NO. The fourth-order valence-electron chi connectivity index (χ4n) is 2.23. The van der Waals surface area contributed by atoms with Crippen molar-refractivity contribution in [2.24, 2.45) is 5.41 Å². The third-order valence-electron chi connectivity index (χ3n) is 3.54. The molecule has 5 heteroatoms. The molecule has 1 aliphatic rings. The van der Waals surface area contributed by atoms with Crippen LogP contribution in [0.2, 0.25) is 0 Å². The molecule has 18 heavy (non-hydrogen) atoms. The van der Waals surface area contributed by atoms with E-state index < -0.39 is 28.6 Å². The Hall–Kier alpha value is -1.36. The summed E-state index contributed by atoms with van der Waals surface area (Å²) in [6.45, 7) is 3.05. The van der Waals surface area contributed by atoms with Gasteiger partial charge in [0.05, 0.1) is 5.56 Å². The van der Waals surface area contributed by atoms with Crippen LogP contribution in [0.5, 0.6) is 0 Å². The van der Waals surface area contributed by atoms with E-state index in [1.807, 2.05) is 0 Å². The molecule has 1 heterocycles. The third kappa shape index (κ3) is 2.14. The zero-order chi connectivity index (χ0) is 13.3. The summed E-state index contributed by atoms with van der Waals surface area (Å²) in [6.07, 6.45) is 1.12. The number of nitrogens with one attached hydrogen (secondary N) is 1. The lowest BCUT2D eigenvalue weighted by Gasteiger charge is -2.32. The highest BCUT2D eigenvalue weighted by molar-refractivity contribution is 6.00. The Morgan fingerprint density at radius 2 is 1.78 bits per heavy atom. The van der Waals surface area contributed by atoms with Crippen LogP contribution in [0, 0.1) is 22.9 Å². The molecule has 98 valence electrons. The first kappa shape index (κ1) is 13.1. The quantitative estimate of drug-likeness (QED) is 0.652. The van der Waals surface area contributed by atoms with Crippen molar-refractivity contribution < 1.29 is 18.0 Å². The van der Waals surface area contributed by atoms with Gasteiger partial charge in [-0.05, 0) is 38.1 Å². The summed E-state index contributed by atoms with van der Waals surface area (Å²) < 4.78 is 39.5. The number of carbonyl (C=O) groups is 1. The van der Waals surface area contributed by atoms with E-state index in [0.29, 0.717) is 25.9 Å². The molecule has 2 rings (SSSR count). The van der Waals surface area contributed by atoms with Gasteiger partial charge in [0.2, 0.25) is 0 Å². The topological polar surface area (TPSA) is 29.1 Å². The highest BCUT2D eigenvalue weighted by atomic mass is 19.2. The van der Waals surface area contributed by atoms with Crippen molar-refractivity contribution in [3.05, 3.63) is 35.1 Å². The van der Waals surface area contributed by atoms with E-state index in [1.54, 1.807) is 6.92 Å². The van der Waals surface area contributed by atoms with Crippen molar-refractivity contribution in [1.82, 2.24) is 5.32 Å². The molecule has 0 atom stereocenters. The lowest BCUT2D eigenvalue weighted by atomic mass is 9.75. The van der Waals surface area contributed by atoms with Crippen LogP contribution in [-0.4, -0.2) is 18.9 Å². The van der Waals surface area contributed by atoms with Crippen LogP contribution in [-0.2, 0) is 0 Å². The van der Waals surface area contributed by atoms with Crippen LogP contribution < -0.4 is 5.32 Å². The SMILES string of the molecule is CC1(C(=O)c2ccc(F)c(F)c2F)CCNCC1. The molecule has 1 aromatic rings. The van der Waals surface area contributed by atoms with Crippen molar-refractivity contribution in [3.8, 4) is 0 Å². The Morgan fingerprint density at radius 3 is 2.39 bits per heavy atom. The first-order chi connectivity index (χ1) is 8.46. The molecule has 1 N–H and O–H groups in total. The maximum Gasteiger partial charge on any atom is 0.195 e. The molecule has 1 aromatic carbocycles. The summed E-state index contributed by atoms with van der Waals surface area (Å²) in [7, 11) is 0. The smallest absolute Gasteiger partial charge is 0.195 e. The number of benzene rings is 1. The number of hydrogen-bond acceptors (Lipinski definition) is 2. The molecule has 1 saturated heterocycles. The average molecular weight is 257 g/mol. The number of halogens is 3. The highest BCUT2D eigenvalue weighted by Gasteiger charge is 2.37. The Bertz CT molecular complexity index is 481. The molecule has 0 aliphatic carbocycles. The van der Waals surface area contributed by atoms with Crippen LogP contribution in [0.1, 0.15) is 30.1 Å². The zero-order valence-electron chi connectivity index (χ0n) is 10.0. The molecule has 1 fully saturated rings.